The number of hydrogen-bond acceptors (Lipinski definition) is 5. The summed E-state index contributed by atoms with van der Waals surface area (Å²) in [5.41, 5.74) is -0.190. The van der Waals surface area contributed by atoms with Crippen LogP contribution in [0.15, 0.2) is 10.9 Å². The fraction of sp³-hybridized carbons (Fsp3) is 0.692. The van der Waals surface area contributed by atoms with Gasteiger partial charge in [-0.2, -0.15) is 4.98 Å². The van der Waals surface area contributed by atoms with Gasteiger partial charge in [0, 0.05) is 19.0 Å². The van der Waals surface area contributed by atoms with Crippen molar-refractivity contribution in [2.24, 2.45) is 0 Å². The Morgan fingerprint density at radius 2 is 2.32 bits per heavy atom. The van der Waals surface area contributed by atoms with Gasteiger partial charge in [0.1, 0.15) is 18.5 Å². The molecular weight excluding hydrogens is 246 g/mol. The van der Waals surface area contributed by atoms with E-state index in [2.05, 4.69) is 15.3 Å². The zero-order valence-corrected chi connectivity index (χ0v) is 11.6. The van der Waals surface area contributed by atoms with Crippen LogP contribution >= 0.6 is 0 Å². The second-order valence-electron chi connectivity index (χ2n) is 5.16. The van der Waals surface area contributed by atoms with E-state index in [0.717, 1.165) is 13.1 Å². The number of hydrogen-bond donors (Lipinski definition) is 2. The first kappa shape index (κ1) is 14.0. The largest absolute Gasteiger partial charge is 0.475 e. The van der Waals surface area contributed by atoms with Crippen molar-refractivity contribution in [2.45, 2.75) is 38.9 Å². The van der Waals surface area contributed by atoms with Crippen molar-refractivity contribution in [1.29, 1.82) is 0 Å². The first-order chi connectivity index (χ1) is 9.04. The van der Waals surface area contributed by atoms with Crippen molar-refractivity contribution in [2.75, 3.05) is 19.7 Å². The first-order valence-electron chi connectivity index (χ1n) is 6.65. The van der Waals surface area contributed by atoms with Crippen LogP contribution in [0.4, 0.5) is 0 Å². The third kappa shape index (κ3) is 4.04. The first-order valence-corrected chi connectivity index (χ1v) is 6.65. The zero-order valence-electron chi connectivity index (χ0n) is 11.6. The van der Waals surface area contributed by atoms with Crippen molar-refractivity contribution in [3.63, 3.8) is 0 Å². The molecule has 2 heterocycles. The summed E-state index contributed by atoms with van der Waals surface area (Å²) in [4.78, 5) is 18.5. The minimum Gasteiger partial charge on any atom is -0.475 e. The normalized spacial score (nSPS) is 23.6. The van der Waals surface area contributed by atoms with Gasteiger partial charge in [-0.15, -0.1) is 0 Å². The van der Waals surface area contributed by atoms with Gasteiger partial charge in [0.05, 0.1) is 12.2 Å². The van der Waals surface area contributed by atoms with Gasteiger partial charge in [-0.05, 0) is 6.92 Å². The topological polar surface area (TPSA) is 76.2 Å². The summed E-state index contributed by atoms with van der Waals surface area (Å²) in [5, 5.41) is 3.27. The summed E-state index contributed by atoms with van der Waals surface area (Å²) in [6.07, 6.45) is 0.174. The highest BCUT2D eigenvalue weighted by Crippen LogP contribution is 2.11. The molecule has 2 N–H and O–H groups in total. The molecule has 6 heteroatoms. The van der Waals surface area contributed by atoms with E-state index < -0.39 is 0 Å². The van der Waals surface area contributed by atoms with Crippen molar-refractivity contribution in [1.82, 2.24) is 15.3 Å². The summed E-state index contributed by atoms with van der Waals surface area (Å²) >= 11 is 0. The molecule has 0 spiro atoms. The number of nitrogens with zero attached hydrogens (tertiary/aromatic N) is 1. The molecule has 2 rings (SSSR count). The lowest BCUT2D eigenvalue weighted by Gasteiger charge is -2.28. The second-order valence-corrected chi connectivity index (χ2v) is 5.16. The highest BCUT2D eigenvalue weighted by Gasteiger charge is 2.19. The summed E-state index contributed by atoms with van der Waals surface area (Å²) in [6, 6.07) is 1.37. The Labute approximate surface area is 112 Å². The molecule has 6 nitrogen and oxygen atoms in total. The molecule has 2 unspecified atom stereocenters. The van der Waals surface area contributed by atoms with Gasteiger partial charge >= 0.3 is 0 Å². The Morgan fingerprint density at radius 1 is 1.53 bits per heavy atom. The van der Waals surface area contributed by atoms with Crippen LogP contribution in [0, 0.1) is 0 Å². The maximum atomic E-state index is 11.5. The van der Waals surface area contributed by atoms with E-state index in [9.17, 15) is 4.79 Å². The number of H-pyrrole nitrogens is 1. The maximum Gasteiger partial charge on any atom is 0.254 e. The lowest BCUT2D eigenvalue weighted by Crippen LogP contribution is -2.45. The molecule has 2 atom stereocenters. The number of aromatic nitrogens is 2. The molecule has 1 aliphatic heterocycles. The fourth-order valence-corrected chi connectivity index (χ4v) is 1.95. The molecule has 0 amide bonds. The van der Waals surface area contributed by atoms with Gasteiger partial charge in [0.15, 0.2) is 0 Å². The molecule has 0 aromatic carbocycles. The molecular formula is C13H21N3O3. The third-order valence-corrected chi connectivity index (χ3v) is 2.93. The minimum absolute atomic E-state index is 0.00709. The van der Waals surface area contributed by atoms with E-state index in [1.165, 1.54) is 6.07 Å². The molecule has 0 aliphatic carbocycles. The van der Waals surface area contributed by atoms with Crippen LogP contribution < -0.4 is 15.6 Å². The fourth-order valence-electron chi connectivity index (χ4n) is 1.95. The van der Waals surface area contributed by atoms with Crippen molar-refractivity contribution in [3.8, 4) is 5.88 Å². The van der Waals surface area contributed by atoms with E-state index >= 15 is 0 Å². The molecule has 1 saturated heterocycles. The van der Waals surface area contributed by atoms with Crippen LogP contribution in [0.2, 0.25) is 0 Å². The molecule has 0 bridgehead atoms. The van der Waals surface area contributed by atoms with Crippen molar-refractivity contribution >= 4 is 0 Å². The quantitative estimate of drug-likeness (QED) is 0.837. The lowest BCUT2D eigenvalue weighted by atomic mass is 10.2. The predicted octanol–water partition coefficient (Wildman–Crippen LogP) is 0.649. The number of aromatic amines is 1. The van der Waals surface area contributed by atoms with Crippen LogP contribution in [0.5, 0.6) is 5.88 Å². The highest BCUT2D eigenvalue weighted by atomic mass is 16.5. The number of morpholine rings is 1. The van der Waals surface area contributed by atoms with E-state index in [4.69, 9.17) is 9.47 Å². The Morgan fingerprint density at radius 3 is 3.00 bits per heavy atom. The Balaban J connectivity index is 1.97. The molecule has 1 aromatic rings. The molecule has 0 radical (unpaired) electrons. The monoisotopic (exact) mass is 267 g/mol. The third-order valence-electron chi connectivity index (χ3n) is 2.93. The van der Waals surface area contributed by atoms with E-state index in [1.807, 2.05) is 20.8 Å². The van der Waals surface area contributed by atoms with Gasteiger partial charge in [-0.3, -0.25) is 4.79 Å². The van der Waals surface area contributed by atoms with Crippen molar-refractivity contribution in [3.05, 3.63) is 22.2 Å². The standard InChI is InChI=1S/C13H21N3O3/c1-8(2)13-15-11(17)4-12(16-13)18-7-10-6-14-5-9(3)19-10/h4,8-10,14H,5-7H2,1-3H3,(H,15,16,17). The molecule has 106 valence electrons. The number of ether oxygens (including phenoxy) is 2. The molecule has 1 aromatic heterocycles. The summed E-state index contributed by atoms with van der Waals surface area (Å²) < 4.78 is 11.3. The van der Waals surface area contributed by atoms with Gasteiger partial charge in [-0.1, -0.05) is 13.8 Å². The average Bonchev–Trinajstić information content (AvgIpc) is 2.36. The van der Waals surface area contributed by atoms with E-state index in [-0.39, 0.29) is 23.7 Å². The SMILES string of the molecule is CC1CNCC(COc2cc(=O)[nH]c(C(C)C)n2)O1. The molecule has 1 aliphatic rings. The van der Waals surface area contributed by atoms with Crippen LogP contribution in [0.1, 0.15) is 32.5 Å². The van der Waals surface area contributed by atoms with Crippen LogP contribution in [-0.4, -0.2) is 41.9 Å². The van der Waals surface area contributed by atoms with E-state index in [0.29, 0.717) is 18.3 Å². The summed E-state index contributed by atoms with van der Waals surface area (Å²) in [5.74, 6) is 1.15. The van der Waals surface area contributed by atoms with E-state index in [1.54, 1.807) is 0 Å². The molecule has 1 fully saturated rings. The summed E-state index contributed by atoms with van der Waals surface area (Å²) in [6.45, 7) is 7.96. The van der Waals surface area contributed by atoms with Crippen LogP contribution in [0.3, 0.4) is 0 Å². The Bertz CT molecular complexity index is 472. The van der Waals surface area contributed by atoms with Gasteiger partial charge < -0.3 is 19.8 Å². The lowest BCUT2D eigenvalue weighted by molar-refractivity contribution is -0.0477. The van der Waals surface area contributed by atoms with Crippen molar-refractivity contribution < 1.29 is 9.47 Å². The van der Waals surface area contributed by atoms with Gasteiger partial charge in [0.25, 0.3) is 5.56 Å². The number of rotatable bonds is 4. The molecule has 0 saturated carbocycles. The Kier molecular flexibility index (Phi) is 4.55. The smallest absolute Gasteiger partial charge is 0.254 e. The minimum atomic E-state index is -0.190. The summed E-state index contributed by atoms with van der Waals surface area (Å²) in [7, 11) is 0. The average molecular weight is 267 g/mol. The van der Waals surface area contributed by atoms with Gasteiger partial charge in [-0.25, -0.2) is 0 Å². The predicted molar refractivity (Wildman–Crippen MR) is 71.6 cm³/mol. The van der Waals surface area contributed by atoms with Gasteiger partial charge in [0.2, 0.25) is 5.88 Å². The zero-order chi connectivity index (χ0) is 13.8. The maximum absolute atomic E-state index is 11.5. The second kappa shape index (κ2) is 6.16. The number of nitrogens with one attached hydrogen (secondary N) is 2. The van der Waals surface area contributed by atoms with Crippen LogP contribution in [-0.2, 0) is 4.74 Å². The Hall–Kier alpha value is -1.40. The highest BCUT2D eigenvalue weighted by molar-refractivity contribution is 5.10. The van der Waals surface area contributed by atoms with Crippen LogP contribution in [0.25, 0.3) is 0 Å². The molecule has 19 heavy (non-hydrogen) atoms.